The Hall–Kier alpha value is -1.35. The highest BCUT2D eigenvalue weighted by Gasteiger charge is 2.54. The number of halogens is 3. The quantitative estimate of drug-likeness (QED) is 0.245. The maximum Gasteiger partial charge on any atom is 0.351 e. The Morgan fingerprint density at radius 2 is 1.67 bits per heavy atom. The summed E-state index contributed by atoms with van der Waals surface area (Å²) in [7, 11) is 0. The molecule has 1 atom stereocenters. The zero-order valence-corrected chi connectivity index (χ0v) is 13.6. The molecule has 0 bridgehead atoms. The zero-order valence-electron chi connectivity index (χ0n) is 10.5. The minimum Gasteiger partial charge on any atom is -0.274 e. The molecule has 1 aromatic carbocycles. The third-order valence-electron chi connectivity index (χ3n) is 3.11. The van der Waals surface area contributed by atoms with Gasteiger partial charge in [0.2, 0.25) is 11.8 Å². The van der Waals surface area contributed by atoms with Gasteiger partial charge in [0.15, 0.2) is 6.04 Å². The van der Waals surface area contributed by atoms with E-state index in [1.165, 1.54) is 12.1 Å². The van der Waals surface area contributed by atoms with E-state index in [0.717, 1.165) is 17.0 Å². The number of hydrogen-bond acceptors (Lipinski definition) is 4. The van der Waals surface area contributed by atoms with Crippen LogP contribution in [0.25, 0.3) is 0 Å². The van der Waals surface area contributed by atoms with Crippen LogP contribution < -0.4 is 0 Å². The van der Waals surface area contributed by atoms with Gasteiger partial charge in [-0.05, 0) is 17.7 Å². The summed E-state index contributed by atoms with van der Waals surface area (Å²) in [5, 5.41) is 11.3. The summed E-state index contributed by atoms with van der Waals surface area (Å²) in [6.07, 6.45) is 0.00858. The van der Waals surface area contributed by atoms with Gasteiger partial charge in [-0.25, -0.2) is 4.39 Å². The fourth-order valence-corrected chi connectivity index (χ4v) is 3.07. The number of imide groups is 1. The summed E-state index contributed by atoms with van der Waals surface area (Å²) in [5.74, 6) is -1.52. The van der Waals surface area contributed by atoms with Crippen LogP contribution in [0.15, 0.2) is 24.3 Å². The number of nitrogens with zero attached hydrogens (tertiary/aromatic N) is 2. The first-order valence-electron chi connectivity index (χ1n) is 5.88. The summed E-state index contributed by atoms with van der Waals surface area (Å²) >= 11 is 5.82. The molecule has 0 spiro atoms. The van der Waals surface area contributed by atoms with Crippen molar-refractivity contribution in [1.82, 2.24) is 4.90 Å². The van der Waals surface area contributed by atoms with Gasteiger partial charge in [-0.3, -0.25) is 24.6 Å². The van der Waals surface area contributed by atoms with Crippen molar-refractivity contribution in [2.24, 2.45) is 0 Å². The van der Waals surface area contributed by atoms with Gasteiger partial charge in [-0.1, -0.05) is 12.1 Å². The summed E-state index contributed by atoms with van der Waals surface area (Å²) in [6, 6.07) is 3.61. The van der Waals surface area contributed by atoms with Crippen molar-refractivity contribution < 1.29 is 18.9 Å². The lowest BCUT2D eigenvalue weighted by molar-refractivity contribution is -0.511. The van der Waals surface area contributed by atoms with Gasteiger partial charge in [0.1, 0.15) is 5.82 Å². The molecule has 1 aromatic rings. The Balaban J connectivity index is 2.54. The molecular formula is C12H9Br2FN2O4. The lowest BCUT2D eigenvalue weighted by atomic mass is 10.1. The van der Waals surface area contributed by atoms with Crippen LogP contribution in [0.3, 0.4) is 0 Å². The van der Waals surface area contributed by atoms with Crippen LogP contribution >= 0.6 is 31.9 Å². The van der Waals surface area contributed by atoms with Crippen molar-refractivity contribution in [3.8, 4) is 0 Å². The number of likely N-dealkylation sites (tertiary alicyclic amines) is 1. The molecule has 1 fully saturated rings. The lowest BCUT2D eigenvalue weighted by Crippen LogP contribution is -2.45. The van der Waals surface area contributed by atoms with E-state index in [-0.39, 0.29) is 18.4 Å². The van der Waals surface area contributed by atoms with Gasteiger partial charge < -0.3 is 0 Å². The van der Waals surface area contributed by atoms with E-state index < -0.39 is 32.0 Å². The third kappa shape index (κ3) is 2.98. The maximum absolute atomic E-state index is 13.0. The highest BCUT2D eigenvalue weighted by molar-refractivity contribution is 9.25. The Morgan fingerprint density at radius 1 is 1.19 bits per heavy atom. The van der Waals surface area contributed by atoms with Crippen LogP contribution in [-0.4, -0.2) is 25.0 Å². The third-order valence-corrected chi connectivity index (χ3v) is 4.55. The summed E-state index contributed by atoms with van der Waals surface area (Å²) in [4.78, 5) is 35.2. The number of nitro groups is 1. The van der Waals surface area contributed by atoms with Crippen molar-refractivity contribution in [1.29, 1.82) is 0 Å². The molecular weight excluding hydrogens is 415 g/mol. The Morgan fingerprint density at radius 3 is 2.10 bits per heavy atom. The molecule has 2 rings (SSSR count). The average Bonchev–Trinajstić information content (AvgIpc) is 2.73. The first-order chi connectivity index (χ1) is 9.75. The van der Waals surface area contributed by atoms with Crippen LogP contribution in [0.2, 0.25) is 0 Å². The zero-order chi connectivity index (χ0) is 15.8. The van der Waals surface area contributed by atoms with E-state index >= 15 is 0 Å². The first kappa shape index (κ1) is 16.0. The van der Waals surface area contributed by atoms with Gasteiger partial charge in [0.05, 0.1) is 4.92 Å². The number of rotatable bonds is 4. The monoisotopic (exact) mass is 422 g/mol. The second-order valence-corrected chi connectivity index (χ2v) is 7.94. The molecule has 1 heterocycles. The predicted molar refractivity (Wildman–Crippen MR) is 77.8 cm³/mol. The molecule has 1 unspecified atom stereocenters. The van der Waals surface area contributed by atoms with E-state index in [4.69, 9.17) is 0 Å². The molecule has 1 saturated heterocycles. The predicted octanol–water partition coefficient (Wildman–Crippen LogP) is 2.74. The molecule has 2 amide bonds. The number of alkyl halides is 2. The molecule has 6 nitrogen and oxygen atoms in total. The van der Waals surface area contributed by atoms with Crippen LogP contribution in [0, 0.1) is 15.9 Å². The van der Waals surface area contributed by atoms with E-state index in [1.807, 2.05) is 0 Å². The van der Waals surface area contributed by atoms with Gasteiger partial charge in [-0.15, -0.1) is 0 Å². The standard InChI is InChI=1S/C12H9Br2FN2O4/c13-12(14,17(20)21)11(7-1-3-8(15)4-2-7)16-9(18)5-6-10(16)19/h1-4,11H,5-6H2. The molecule has 21 heavy (non-hydrogen) atoms. The number of carbonyl (C=O) groups excluding carboxylic acids is 2. The SMILES string of the molecule is O=C1CCC(=O)N1C(c1ccc(F)cc1)C(Br)(Br)[N+](=O)[O-]. The van der Waals surface area contributed by atoms with E-state index in [9.17, 15) is 24.1 Å². The second-order valence-electron chi connectivity index (χ2n) is 4.46. The van der Waals surface area contributed by atoms with Gasteiger partial charge in [0, 0.05) is 44.7 Å². The summed E-state index contributed by atoms with van der Waals surface area (Å²) in [5.41, 5.74) is 0.269. The second kappa shape index (κ2) is 5.80. The fourth-order valence-electron chi connectivity index (χ4n) is 2.13. The maximum atomic E-state index is 13.0. The normalized spacial score (nSPS) is 17.2. The Bertz CT molecular complexity index is 590. The molecule has 0 saturated carbocycles. The smallest absolute Gasteiger partial charge is 0.274 e. The number of carbonyl (C=O) groups is 2. The molecule has 1 aliphatic rings. The molecule has 0 radical (unpaired) electrons. The highest BCUT2D eigenvalue weighted by atomic mass is 79.9. The van der Waals surface area contributed by atoms with Crippen LogP contribution in [0.1, 0.15) is 24.4 Å². The summed E-state index contributed by atoms with van der Waals surface area (Å²) < 4.78 is 11.1. The van der Waals surface area contributed by atoms with Gasteiger partial charge in [-0.2, -0.15) is 0 Å². The molecule has 1 aliphatic heterocycles. The molecule has 9 heteroatoms. The van der Waals surface area contributed by atoms with E-state index in [1.54, 1.807) is 0 Å². The van der Waals surface area contributed by atoms with Gasteiger partial charge in [0.25, 0.3) is 0 Å². The van der Waals surface area contributed by atoms with Crippen molar-refractivity contribution in [3.63, 3.8) is 0 Å². The Kier molecular flexibility index (Phi) is 4.43. The van der Waals surface area contributed by atoms with Crippen molar-refractivity contribution >= 4 is 43.7 Å². The van der Waals surface area contributed by atoms with Crippen molar-refractivity contribution in [3.05, 3.63) is 45.8 Å². The van der Waals surface area contributed by atoms with Crippen molar-refractivity contribution in [2.75, 3.05) is 0 Å². The number of hydrogen-bond donors (Lipinski definition) is 0. The number of amides is 2. The average molecular weight is 424 g/mol. The van der Waals surface area contributed by atoms with E-state index in [2.05, 4.69) is 31.9 Å². The molecule has 0 aromatic heterocycles. The first-order valence-corrected chi connectivity index (χ1v) is 7.46. The lowest BCUT2D eigenvalue weighted by Gasteiger charge is -2.30. The fraction of sp³-hybridized carbons (Fsp3) is 0.333. The van der Waals surface area contributed by atoms with Gasteiger partial charge >= 0.3 is 3.36 Å². The summed E-state index contributed by atoms with van der Waals surface area (Å²) in [6.45, 7) is 0. The molecule has 0 aliphatic carbocycles. The molecule has 112 valence electrons. The topological polar surface area (TPSA) is 80.5 Å². The minimum atomic E-state index is -1.95. The van der Waals surface area contributed by atoms with Crippen LogP contribution in [0.4, 0.5) is 4.39 Å². The Labute approximate surface area is 135 Å². The van der Waals surface area contributed by atoms with Crippen LogP contribution in [-0.2, 0) is 9.59 Å². The number of benzene rings is 1. The van der Waals surface area contributed by atoms with Crippen LogP contribution in [0.5, 0.6) is 0 Å². The largest absolute Gasteiger partial charge is 0.351 e. The highest BCUT2D eigenvalue weighted by Crippen LogP contribution is 2.45. The van der Waals surface area contributed by atoms with E-state index in [0.29, 0.717) is 0 Å². The minimum absolute atomic E-state index is 0.00429. The molecule has 0 N–H and O–H groups in total. The van der Waals surface area contributed by atoms with Crippen molar-refractivity contribution in [2.45, 2.75) is 22.2 Å².